The van der Waals surface area contributed by atoms with Crippen LogP contribution >= 0.6 is 0 Å². The zero-order valence-electron chi connectivity index (χ0n) is 35.0. The maximum atomic E-state index is 12.9. The molecule has 0 aliphatic carbocycles. The Morgan fingerprint density at radius 2 is 1.11 bits per heavy atom. The molecule has 1 heterocycles. The van der Waals surface area contributed by atoms with Crippen LogP contribution in [0, 0.1) is 0 Å². The SMILES string of the molecule is CC/C=C\C/C=C\C/C=C\C/C=C\C/C=C\C/C=C\C/C=C\CCCCCC(=O)NC(COC1OC(CO)C(O)C(O)C1O)C(O)/C=C/CC/C=C/CCCCC. The monoisotopic (exact) mass is 796 g/mol. The van der Waals surface area contributed by atoms with Gasteiger partial charge in [-0.15, -0.1) is 0 Å². The number of unbranched alkanes of at least 4 members (excludes halogenated alkanes) is 7. The predicted octanol–water partition coefficient (Wildman–Crippen LogP) is 8.72. The Bertz CT molecular complexity index is 1250. The topological polar surface area (TPSA) is 149 Å². The maximum absolute atomic E-state index is 12.9. The second-order valence-electron chi connectivity index (χ2n) is 14.4. The molecule has 322 valence electrons. The first kappa shape index (κ1) is 51.9. The predicted molar refractivity (Wildman–Crippen MR) is 234 cm³/mol. The minimum atomic E-state index is -1.58. The van der Waals surface area contributed by atoms with Crippen LogP contribution in [0.5, 0.6) is 0 Å². The number of aliphatic hydroxyl groups excluding tert-OH is 5. The van der Waals surface area contributed by atoms with E-state index in [0.717, 1.165) is 83.5 Å². The molecule has 0 saturated carbocycles. The molecular formula is C48H77NO8. The smallest absolute Gasteiger partial charge is 0.220 e. The highest BCUT2D eigenvalue weighted by molar-refractivity contribution is 5.76. The van der Waals surface area contributed by atoms with Crippen LogP contribution in [0.3, 0.4) is 0 Å². The molecule has 0 aromatic heterocycles. The zero-order valence-corrected chi connectivity index (χ0v) is 35.0. The lowest BCUT2D eigenvalue weighted by Gasteiger charge is -2.40. The Hall–Kier alpha value is -3.15. The van der Waals surface area contributed by atoms with E-state index >= 15 is 0 Å². The third-order valence-corrected chi connectivity index (χ3v) is 9.33. The lowest BCUT2D eigenvalue weighted by Crippen LogP contribution is -2.60. The van der Waals surface area contributed by atoms with Crippen LogP contribution in [0.25, 0.3) is 0 Å². The van der Waals surface area contributed by atoms with E-state index in [0.29, 0.717) is 6.42 Å². The normalized spacial score (nSPS) is 22.1. The van der Waals surface area contributed by atoms with Crippen molar-refractivity contribution < 1.29 is 39.8 Å². The van der Waals surface area contributed by atoms with E-state index in [1.807, 2.05) is 6.08 Å². The van der Waals surface area contributed by atoms with E-state index < -0.39 is 49.5 Å². The summed E-state index contributed by atoms with van der Waals surface area (Å²) < 4.78 is 11.1. The standard InChI is InChI=1S/C48H77NO8/c1-3-5-7-9-11-13-14-15-16-17-18-19-20-21-22-23-24-25-26-27-28-30-32-34-36-38-44(52)49-41(42(51)37-35-33-31-29-12-10-8-6-4-2)40-56-48-47(55)46(54)45(53)43(39-50)57-48/h5,7,11-13,15-16,18-19,21-22,24-25,27-29,35,37,41-43,45-48,50-51,53-55H,3-4,6,8-10,14,17,20,23,26,30-34,36,38-40H2,1-2H3,(H,49,52)/b7-5-,13-11-,16-15-,19-18-,22-21-,25-24-,28-27-,29-12+,37-35+. The number of amides is 1. The average Bonchev–Trinajstić information content (AvgIpc) is 3.21. The van der Waals surface area contributed by atoms with Crippen molar-refractivity contribution in [3.63, 3.8) is 0 Å². The van der Waals surface area contributed by atoms with Crippen molar-refractivity contribution in [2.45, 2.75) is 172 Å². The van der Waals surface area contributed by atoms with Gasteiger partial charge in [0, 0.05) is 6.42 Å². The van der Waals surface area contributed by atoms with Crippen molar-refractivity contribution >= 4 is 5.91 Å². The van der Waals surface area contributed by atoms with Crippen molar-refractivity contribution in [2.24, 2.45) is 0 Å². The van der Waals surface area contributed by atoms with Crippen molar-refractivity contribution in [2.75, 3.05) is 13.2 Å². The molecule has 1 fully saturated rings. The van der Waals surface area contributed by atoms with Gasteiger partial charge in [0.25, 0.3) is 0 Å². The van der Waals surface area contributed by atoms with E-state index in [4.69, 9.17) is 9.47 Å². The van der Waals surface area contributed by atoms with Gasteiger partial charge in [-0.3, -0.25) is 4.79 Å². The third kappa shape index (κ3) is 28.0. The molecule has 7 unspecified atom stereocenters. The molecule has 6 N–H and O–H groups in total. The Morgan fingerprint density at radius 3 is 1.65 bits per heavy atom. The van der Waals surface area contributed by atoms with Crippen LogP contribution in [0.15, 0.2) is 109 Å². The third-order valence-electron chi connectivity index (χ3n) is 9.33. The fraction of sp³-hybridized carbons (Fsp3) is 0.604. The summed E-state index contributed by atoms with van der Waals surface area (Å²) in [5.41, 5.74) is 0. The number of rotatable bonds is 33. The van der Waals surface area contributed by atoms with Gasteiger partial charge in [0.1, 0.15) is 24.4 Å². The summed E-state index contributed by atoms with van der Waals surface area (Å²) in [5.74, 6) is -0.229. The number of allylic oxidation sites excluding steroid dienone is 17. The summed E-state index contributed by atoms with van der Waals surface area (Å²) in [6.45, 7) is 3.53. The van der Waals surface area contributed by atoms with Gasteiger partial charge in [0.15, 0.2) is 6.29 Å². The lowest BCUT2D eigenvalue weighted by molar-refractivity contribution is -0.302. The highest BCUT2D eigenvalue weighted by atomic mass is 16.7. The average molecular weight is 796 g/mol. The first-order valence-corrected chi connectivity index (χ1v) is 21.6. The van der Waals surface area contributed by atoms with E-state index in [1.165, 1.54) is 19.3 Å². The van der Waals surface area contributed by atoms with Gasteiger partial charge in [0.05, 0.1) is 25.4 Å². The molecule has 57 heavy (non-hydrogen) atoms. The number of hydrogen-bond donors (Lipinski definition) is 6. The molecule has 7 atom stereocenters. The molecule has 0 bridgehead atoms. The van der Waals surface area contributed by atoms with Gasteiger partial charge in [0.2, 0.25) is 5.91 Å². The van der Waals surface area contributed by atoms with E-state index in [1.54, 1.807) is 6.08 Å². The van der Waals surface area contributed by atoms with Gasteiger partial charge in [-0.25, -0.2) is 0 Å². The second-order valence-corrected chi connectivity index (χ2v) is 14.4. The fourth-order valence-corrected chi connectivity index (χ4v) is 5.85. The molecule has 1 saturated heterocycles. The van der Waals surface area contributed by atoms with Gasteiger partial charge in [-0.1, -0.05) is 142 Å². The highest BCUT2D eigenvalue weighted by Crippen LogP contribution is 2.22. The molecule has 1 aliphatic heterocycles. The summed E-state index contributed by atoms with van der Waals surface area (Å²) in [5, 5.41) is 53.9. The number of carbonyl (C=O) groups excluding carboxylic acids is 1. The summed E-state index contributed by atoms with van der Waals surface area (Å²) in [6, 6.07) is -0.845. The minimum Gasteiger partial charge on any atom is -0.394 e. The molecular weight excluding hydrogens is 719 g/mol. The number of hydrogen-bond acceptors (Lipinski definition) is 8. The molecule has 0 spiro atoms. The van der Waals surface area contributed by atoms with Crippen LogP contribution in [0.2, 0.25) is 0 Å². The fourth-order valence-electron chi connectivity index (χ4n) is 5.85. The number of ether oxygens (including phenoxy) is 2. The van der Waals surface area contributed by atoms with Gasteiger partial charge < -0.3 is 40.3 Å². The maximum Gasteiger partial charge on any atom is 0.220 e. The van der Waals surface area contributed by atoms with Crippen LogP contribution in [0.1, 0.15) is 129 Å². The van der Waals surface area contributed by atoms with Crippen molar-refractivity contribution in [3.8, 4) is 0 Å². The first-order valence-electron chi connectivity index (χ1n) is 21.6. The van der Waals surface area contributed by atoms with Gasteiger partial charge >= 0.3 is 0 Å². The molecule has 9 nitrogen and oxygen atoms in total. The highest BCUT2D eigenvalue weighted by Gasteiger charge is 2.44. The largest absolute Gasteiger partial charge is 0.394 e. The summed E-state index contributed by atoms with van der Waals surface area (Å²) >= 11 is 0. The summed E-state index contributed by atoms with van der Waals surface area (Å²) in [4.78, 5) is 12.9. The number of nitrogens with one attached hydrogen (secondary N) is 1. The molecule has 0 aromatic carbocycles. The number of carbonyl (C=O) groups is 1. The molecule has 0 radical (unpaired) electrons. The first-order chi connectivity index (χ1) is 27.8. The van der Waals surface area contributed by atoms with Gasteiger partial charge in [-0.2, -0.15) is 0 Å². The quantitative estimate of drug-likeness (QED) is 0.0286. The Labute approximate surface area is 345 Å². The second kappa shape index (κ2) is 37.1. The van der Waals surface area contributed by atoms with Crippen LogP contribution < -0.4 is 5.32 Å². The van der Waals surface area contributed by atoms with Crippen molar-refractivity contribution in [3.05, 3.63) is 109 Å². The summed E-state index contributed by atoms with van der Waals surface area (Å²) in [6.07, 6.45) is 47.2. The van der Waals surface area contributed by atoms with E-state index in [9.17, 15) is 30.3 Å². The number of aliphatic hydroxyl groups is 5. The van der Waals surface area contributed by atoms with Gasteiger partial charge in [-0.05, 0) is 89.9 Å². The van der Waals surface area contributed by atoms with Crippen molar-refractivity contribution in [1.82, 2.24) is 5.32 Å². The molecule has 1 rings (SSSR count). The van der Waals surface area contributed by atoms with E-state index in [-0.39, 0.29) is 18.9 Å². The molecule has 9 heteroatoms. The van der Waals surface area contributed by atoms with E-state index in [2.05, 4.69) is 116 Å². The Balaban J connectivity index is 2.36. The Morgan fingerprint density at radius 1 is 0.614 bits per heavy atom. The zero-order chi connectivity index (χ0) is 41.6. The van der Waals surface area contributed by atoms with Crippen LogP contribution in [0.4, 0.5) is 0 Å². The van der Waals surface area contributed by atoms with Crippen LogP contribution in [-0.2, 0) is 14.3 Å². The lowest BCUT2D eigenvalue weighted by atomic mass is 9.99. The Kier molecular flexibility index (Phi) is 33.8. The minimum absolute atomic E-state index is 0.223. The molecule has 1 aliphatic rings. The summed E-state index contributed by atoms with van der Waals surface area (Å²) in [7, 11) is 0. The van der Waals surface area contributed by atoms with Crippen LogP contribution in [-0.4, -0.2) is 87.5 Å². The molecule has 1 amide bonds. The molecule has 0 aromatic rings. The van der Waals surface area contributed by atoms with Crippen molar-refractivity contribution in [1.29, 1.82) is 0 Å².